The van der Waals surface area contributed by atoms with Crippen LogP contribution in [-0.2, 0) is 11.3 Å². The number of nitrogens with zero attached hydrogens (tertiary/aromatic N) is 1. The summed E-state index contributed by atoms with van der Waals surface area (Å²) in [6, 6.07) is 7.34. The van der Waals surface area contributed by atoms with Gasteiger partial charge in [0.2, 0.25) is 0 Å². The zero-order chi connectivity index (χ0) is 10.6. The van der Waals surface area contributed by atoms with Crippen molar-refractivity contribution in [3.8, 4) is 0 Å². The molecule has 14 heavy (non-hydrogen) atoms. The van der Waals surface area contributed by atoms with Gasteiger partial charge in [0.25, 0.3) is 6.21 Å². The molecule has 0 heterocycles. The molecule has 4 nitrogen and oxygen atoms in total. The zero-order valence-electron chi connectivity index (χ0n) is 7.18. The summed E-state index contributed by atoms with van der Waals surface area (Å²) >= 11 is 2.13. The predicted octanol–water partition coefficient (Wildman–Crippen LogP) is 1.46. The quantitative estimate of drug-likeness (QED) is 0.302. The van der Waals surface area contributed by atoms with Crippen LogP contribution in [0.1, 0.15) is 5.56 Å². The lowest BCUT2D eigenvalue weighted by Crippen LogP contribution is -2.11. The number of carboxylic acid groups (broad SMARTS) is 1. The van der Waals surface area contributed by atoms with Crippen LogP contribution in [0.4, 0.5) is 0 Å². The summed E-state index contributed by atoms with van der Waals surface area (Å²) in [6.07, 6.45) is 0.611. The topological polar surface area (TPSA) is 63.4 Å². The van der Waals surface area contributed by atoms with E-state index < -0.39 is 5.97 Å². The first kappa shape index (κ1) is 11.0. The van der Waals surface area contributed by atoms with Crippen LogP contribution < -0.4 is 0 Å². The molecule has 0 saturated heterocycles. The second kappa shape index (κ2) is 4.94. The fourth-order valence-electron chi connectivity index (χ4n) is 0.984. The average Bonchev–Trinajstić information content (AvgIpc) is 2.01. The van der Waals surface area contributed by atoms with Crippen LogP contribution in [-0.4, -0.2) is 22.0 Å². The molecule has 74 valence electrons. The van der Waals surface area contributed by atoms with Crippen molar-refractivity contribution in [2.75, 3.05) is 0 Å². The highest BCUT2D eigenvalue weighted by molar-refractivity contribution is 14.1. The number of hydroxylamine groups is 1. The molecule has 0 unspecified atom stereocenters. The Balaban J connectivity index is 2.74. The summed E-state index contributed by atoms with van der Waals surface area (Å²) < 4.78 is 1.41. The summed E-state index contributed by atoms with van der Waals surface area (Å²) in [7, 11) is 0. The van der Waals surface area contributed by atoms with Crippen molar-refractivity contribution in [1.82, 2.24) is 0 Å². The number of hydrogen-bond donors (Lipinski definition) is 1. The fraction of sp³-hybridized carbons (Fsp3) is 0.111. The normalized spacial score (nSPS) is 11.4. The van der Waals surface area contributed by atoms with Crippen molar-refractivity contribution in [2.24, 2.45) is 0 Å². The highest BCUT2D eigenvalue weighted by Gasteiger charge is 2.01. The Hall–Kier alpha value is -1.11. The van der Waals surface area contributed by atoms with E-state index in [2.05, 4.69) is 22.6 Å². The second-order valence-corrected chi connectivity index (χ2v) is 3.92. The van der Waals surface area contributed by atoms with Crippen LogP contribution in [0, 0.1) is 8.78 Å². The van der Waals surface area contributed by atoms with Gasteiger partial charge in [0.1, 0.15) is 0 Å². The van der Waals surface area contributed by atoms with E-state index in [4.69, 9.17) is 5.11 Å². The molecular formula is C9H8INO3. The lowest BCUT2D eigenvalue weighted by atomic mass is 10.2. The summed E-state index contributed by atoms with van der Waals surface area (Å²) in [5, 5.41) is 19.3. The molecule has 0 saturated carbocycles. The molecule has 0 atom stereocenters. The molecule has 1 rings (SSSR count). The van der Waals surface area contributed by atoms with Crippen LogP contribution in [0.15, 0.2) is 24.3 Å². The van der Waals surface area contributed by atoms with Crippen LogP contribution in [0.5, 0.6) is 0 Å². The summed E-state index contributed by atoms with van der Waals surface area (Å²) in [5.74, 6) is -1.23. The Morgan fingerprint density at radius 2 is 2.36 bits per heavy atom. The van der Waals surface area contributed by atoms with Gasteiger partial charge in [-0.2, -0.15) is 0 Å². The molecule has 0 aliphatic rings. The maximum Gasteiger partial charge on any atom is 0.394 e. The van der Waals surface area contributed by atoms with E-state index in [1.165, 1.54) is 0 Å². The minimum Gasteiger partial charge on any atom is -0.623 e. The third-order valence-electron chi connectivity index (χ3n) is 1.48. The standard InChI is InChI=1S/C9H8INO3/c10-8-3-1-2-7(4-8)5-11(14)6-9(12)13/h1-4,6H,5H2,(H,12,13). The smallest absolute Gasteiger partial charge is 0.394 e. The Kier molecular flexibility index (Phi) is 3.87. The van der Waals surface area contributed by atoms with E-state index in [0.29, 0.717) is 11.0 Å². The Bertz CT molecular complexity index is 376. The van der Waals surface area contributed by atoms with E-state index in [-0.39, 0.29) is 6.54 Å². The molecule has 0 bridgehead atoms. The lowest BCUT2D eigenvalue weighted by molar-refractivity contribution is -0.469. The molecule has 1 N–H and O–H groups in total. The van der Waals surface area contributed by atoms with Gasteiger partial charge in [0.15, 0.2) is 6.54 Å². The van der Waals surface area contributed by atoms with Gasteiger partial charge in [-0.1, -0.05) is 12.1 Å². The number of halogens is 1. The predicted molar refractivity (Wildman–Crippen MR) is 60.2 cm³/mol. The molecular weight excluding hydrogens is 297 g/mol. The summed E-state index contributed by atoms with van der Waals surface area (Å²) in [6.45, 7) is 0.0587. The van der Waals surface area contributed by atoms with Crippen LogP contribution in [0.3, 0.4) is 0 Å². The molecule has 0 spiro atoms. The van der Waals surface area contributed by atoms with Crippen LogP contribution >= 0.6 is 22.6 Å². The maximum absolute atomic E-state index is 11.0. The summed E-state index contributed by atoms with van der Waals surface area (Å²) in [5.41, 5.74) is 0.796. The van der Waals surface area contributed by atoms with E-state index in [0.717, 1.165) is 9.13 Å². The average molecular weight is 305 g/mol. The van der Waals surface area contributed by atoms with Gasteiger partial charge in [-0.3, -0.25) is 0 Å². The maximum atomic E-state index is 11.0. The molecule has 0 radical (unpaired) electrons. The monoisotopic (exact) mass is 305 g/mol. The van der Waals surface area contributed by atoms with E-state index in [1.807, 2.05) is 18.2 Å². The molecule has 1 aromatic carbocycles. The first-order valence-electron chi connectivity index (χ1n) is 3.84. The fourth-order valence-corrected chi connectivity index (χ4v) is 1.59. The molecule has 0 amide bonds. The van der Waals surface area contributed by atoms with Crippen molar-refractivity contribution in [1.29, 1.82) is 0 Å². The lowest BCUT2D eigenvalue weighted by Gasteiger charge is -2.02. The third-order valence-corrected chi connectivity index (χ3v) is 2.15. The largest absolute Gasteiger partial charge is 0.623 e. The van der Waals surface area contributed by atoms with Gasteiger partial charge >= 0.3 is 5.97 Å². The molecule has 0 aromatic heterocycles. The molecule has 0 aliphatic carbocycles. The molecule has 0 aliphatic heterocycles. The van der Waals surface area contributed by atoms with E-state index in [9.17, 15) is 10.0 Å². The number of carbonyl (C=O) groups is 1. The van der Waals surface area contributed by atoms with Crippen molar-refractivity contribution in [3.63, 3.8) is 0 Å². The van der Waals surface area contributed by atoms with Crippen molar-refractivity contribution in [2.45, 2.75) is 6.54 Å². The van der Waals surface area contributed by atoms with Gasteiger partial charge in [-0.25, -0.2) is 9.53 Å². The number of rotatable bonds is 3. The number of hydrogen-bond acceptors (Lipinski definition) is 2. The number of aliphatic carboxylic acids is 1. The van der Waals surface area contributed by atoms with Gasteiger partial charge in [-0.05, 0) is 34.7 Å². The first-order chi connectivity index (χ1) is 6.58. The van der Waals surface area contributed by atoms with Gasteiger partial charge in [0.05, 0.1) is 0 Å². The van der Waals surface area contributed by atoms with Crippen molar-refractivity contribution in [3.05, 3.63) is 38.6 Å². The van der Waals surface area contributed by atoms with Gasteiger partial charge < -0.3 is 10.3 Å². The van der Waals surface area contributed by atoms with Crippen LogP contribution in [0.25, 0.3) is 0 Å². The minimum absolute atomic E-state index is 0.0587. The Labute approximate surface area is 94.6 Å². The molecule has 1 aromatic rings. The zero-order valence-corrected chi connectivity index (χ0v) is 9.34. The van der Waals surface area contributed by atoms with Crippen LogP contribution in [0.2, 0.25) is 0 Å². The van der Waals surface area contributed by atoms with Crippen molar-refractivity contribution < 1.29 is 14.6 Å². The Morgan fingerprint density at radius 1 is 1.64 bits per heavy atom. The third kappa shape index (κ3) is 3.73. The van der Waals surface area contributed by atoms with E-state index in [1.54, 1.807) is 6.07 Å². The van der Waals surface area contributed by atoms with Gasteiger partial charge in [-0.15, -0.1) is 0 Å². The molecule has 0 fully saturated rings. The second-order valence-electron chi connectivity index (χ2n) is 2.67. The number of carboxylic acids is 1. The Morgan fingerprint density at radius 3 is 2.93 bits per heavy atom. The van der Waals surface area contributed by atoms with Crippen molar-refractivity contribution >= 4 is 34.8 Å². The first-order valence-corrected chi connectivity index (χ1v) is 4.92. The molecule has 5 heteroatoms. The highest BCUT2D eigenvalue weighted by Crippen LogP contribution is 2.08. The highest BCUT2D eigenvalue weighted by atomic mass is 127. The summed E-state index contributed by atoms with van der Waals surface area (Å²) in [4.78, 5) is 10.2. The van der Waals surface area contributed by atoms with Gasteiger partial charge in [0, 0.05) is 9.13 Å². The minimum atomic E-state index is -1.23. The van der Waals surface area contributed by atoms with E-state index >= 15 is 0 Å². The number of benzene rings is 1. The SMILES string of the molecule is O=C(O)C=[N+]([O-])Cc1cccc(I)c1.